The van der Waals surface area contributed by atoms with Crippen molar-refractivity contribution in [2.75, 3.05) is 11.1 Å². The number of carbonyl (C=O) groups is 1. The first kappa shape index (κ1) is 21.0. The number of nitrogens with one attached hydrogen (secondary N) is 1. The lowest BCUT2D eigenvalue weighted by Gasteiger charge is -2.17. The quantitative estimate of drug-likeness (QED) is 0.440. The van der Waals surface area contributed by atoms with Crippen LogP contribution in [0.3, 0.4) is 0 Å². The van der Waals surface area contributed by atoms with Crippen molar-refractivity contribution in [2.24, 2.45) is 0 Å². The smallest absolute Gasteiger partial charge is 0.275 e. The number of aryl methyl sites for hydroxylation is 1. The molecule has 3 aromatic rings. The Bertz CT molecular complexity index is 1060. The van der Waals surface area contributed by atoms with Crippen molar-refractivity contribution < 1.29 is 4.79 Å². The first-order valence-electron chi connectivity index (χ1n) is 9.07. The van der Waals surface area contributed by atoms with Gasteiger partial charge >= 0.3 is 0 Å². The maximum Gasteiger partial charge on any atom is 0.275 e. The number of nitrogen functional groups attached to an aromatic ring is 1. The van der Waals surface area contributed by atoms with Gasteiger partial charge in [-0.3, -0.25) is 9.59 Å². The van der Waals surface area contributed by atoms with Crippen LogP contribution in [-0.4, -0.2) is 20.7 Å². The van der Waals surface area contributed by atoms with Crippen LogP contribution in [0.15, 0.2) is 70.6 Å². The summed E-state index contributed by atoms with van der Waals surface area (Å²) in [6.45, 7) is 2.30. The molecule has 1 aromatic heterocycles. The normalized spacial score (nSPS) is 11.8. The number of carbonyl (C=O) groups excluding carboxylic acids is 1. The molecule has 6 nitrogen and oxygen atoms in total. The average Bonchev–Trinajstić information content (AvgIpc) is 2.68. The van der Waals surface area contributed by atoms with Crippen LogP contribution in [-0.2, 0) is 17.8 Å². The van der Waals surface area contributed by atoms with Crippen LogP contribution in [0.25, 0.3) is 0 Å². The van der Waals surface area contributed by atoms with Crippen molar-refractivity contribution in [2.45, 2.75) is 30.3 Å². The predicted octanol–water partition coefficient (Wildman–Crippen LogP) is 3.84. The molecule has 1 heterocycles. The van der Waals surface area contributed by atoms with Gasteiger partial charge in [0.05, 0.1) is 5.25 Å². The molecule has 0 saturated heterocycles. The van der Waals surface area contributed by atoms with E-state index < -0.39 is 10.8 Å². The molecular formula is C21H21ClN4O2S. The fourth-order valence-corrected chi connectivity index (χ4v) is 3.86. The molecule has 0 fully saturated rings. The van der Waals surface area contributed by atoms with Gasteiger partial charge < -0.3 is 15.6 Å². The monoisotopic (exact) mass is 428 g/mol. The lowest BCUT2D eigenvalue weighted by Crippen LogP contribution is -2.25. The van der Waals surface area contributed by atoms with E-state index in [0.717, 1.165) is 12.0 Å². The summed E-state index contributed by atoms with van der Waals surface area (Å²) in [4.78, 5) is 28.5. The molecule has 1 atom stereocenters. The molecule has 8 heteroatoms. The highest BCUT2D eigenvalue weighted by Gasteiger charge is 2.19. The van der Waals surface area contributed by atoms with Gasteiger partial charge in [0.15, 0.2) is 5.16 Å². The van der Waals surface area contributed by atoms with Crippen molar-refractivity contribution in [1.29, 1.82) is 0 Å². The molecule has 0 aliphatic rings. The topological polar surface area (TPSA) is 90.0 Å². The summed E-state index contributed by atoms with van der Waals surface area (Å²) in [6, 6.07) is 18.2. The second-order valence-electron chi connectivity index (χ2n) is 6.45. The van der Waals surface area contributed by atoms with Crippen molar-refractivity contribution >= 4 is 40.8 Å². The highest BCUT2D eigenvalue weighted by Crippen LogP contribution is 2.24. The Morgan fingerprint density at radius 3 is 2.69 bits per heavy atom. The van der Waals surface area contributed by atoms with Crippen LogP contribution in [0.1, 0.15) is 12.5 Å². The summed E-state index contributed by atoms with van der Waals surface area (Å²) < 4.78 is 1.77. The molecule has 1 amide bonds. The van der Waals surface area contributed by atoms with Gasteiger partial charge in [0.25, 0.3) is 5.56 Å². The number of hydrogen-bond donors (Lipinski definition) is 2. The molecule has 150 valence electrons. The zero-order valence-electron chi connectivity index (χ0n) is 15.8. The highest BCUT2D eigenvalue weighted by molar-refractivity contribution is 8.00. The lowest BCUT2D eigenvalue weighted by atomic mass is 10.1. The van der Waals surface area contributed by atoms with Crippen molar-refractivity contribution in [3.8, 4) is 0 Å². The number of nitrogens with zero attached hydrogens (tertiary/aromatic N) is 2. The van der Waals surface area contributed by atoms with E-state index in [1.54, 1.807) is 35.8 Å². The van der Waals surface area contributed by atoms with Gasteiger partial charge in [-0.15, -0.1) is 0 Å². The number of rotatable bonds is 7. The van der Waals surface area contributed by atoms with Crippen LogP contribution < -0.4 is 16.6 Å². The first-order valence-corrected chi connectivity index (χ1v) is 10.3. The van der Waals surface area contributed by atoms with E-state index in [2.05, 4.69) is 10.3 Å². The molecule has 29 heavy (non-hydrogen) atoms. The second-order valence-corrected chi connectivity index (χ2v) is 8.19. The summed E-state index contributed by atoms with van der Waals surface area (Å²) in [6.07, 6.45) is 0.728. The van der Waals surface area contributed by atoms with Crippen molar-refractivity contribution in [3.63, 3.8) is 0 Å². The van der Waals surface area contributed by atoms with Crippen molar-refractivity contribution in [1.82, 2.24) is 9.55 Å². The van der Waals surface area contributed by atoms with Crippen LogP contribution >= 0.6 is 23.4 Å². The number of halogens is 1. The summed E-state index contributed by atoms with van der Waals surface area (Å²) >= 11 is 7.15. The molecule has 0 aliphatic heterocycles. The Hall–Kier alpha value is -2.77. The SMILES string of the molecule is C[C@H](Sc1nc(=O)cc(N)n1CCc1ccccc1)C(=O)Nc1cccc(Cl)c1. The number of amides is 1. The third-order valence-corrected chi connectivity index (χ3v) is 5.56. The Morgan fingerprint density at radius 1 is 1.21 bits per heavy atom. The molecule has 2 aromatic carbocycles. The fourth-order valence-electron chi connectivity index (χ4n) is 2.72. The van der Waals surface area contributed by atoms with Gasteiger partial charge in [-0.2, -0.15) is 4.98 Å². The van der Waals surface area contributed by atoms with E-state index in [9.17, 15) is 9.59 Å². The zero-order valence-corrected chi connectivity index (χ0v) is 17.4. The van der Waals surface area contributed by atoms with E-state index in [4.69, 9.17) is 17.3 Å². The molecule has 0 bridgehead atoms. The van der Waals surface area contributed by atoms with E-state index in [1.165, 1.54) is 17.8 Å². The van der Waals surface area contributed by atoms with Gasteiger partial charge in [0.2, 0.25) is 5.91 Å². The highest BCUT2D eigenvalue weighted by atomic mass is 35.5. The number of nitrogens with two attached hydrogens (primary N) is 1. The summed E-state index contributed by atoms with van der Waals surface area (Å²) in [5.74, 6) is 0.106. The molecule has 0 aliphatic carbocycles. The van der Waals surface area contributed by atoms with Crippen LogP contribution in [0, 0.1) is 0 Å². The second kappa shape index (κ2) is 9.62. The van der Waals surface area contributed by atoms with Gasteiger partial charge in [-0.25, -0.2) is 0 Å². The average molecular weight is 429 g/mol. The minimum atomic E-state index is -0.495. The predicted molar refractivity (Wildman–Crippen MR) is 118 cm³/mol. The van der Waals surface area contributed by atoms with Gasteiger partial charge in [-0.1, -0.05) is 59.8 Å². The summed E-state index contributed by atoms with van der Waals surface area (Å²) in [5.41, 5.74) is 7.40. The Balaban J connectivity index is 1.74. The minimum Gasteiger partial charge on any atom is -0.385 e. The Labute approximate surface area is 178 Å². The number of aromatic nitrogens is 2. The molecule has 0 saturated carbocycles. The molecule has 0 unspecified atom stereocenters. The standard InChI is InChI=1S/C21H21ClN4O2S/c1-14(20(28)24-17-9-5-8-16(22)12-17)29-21-25-19(27)13-18(23)26(21)11-10-15-6-3-2-4-7-15/h2-9,12-14H,10-11,23H2,1H3,(H,24,28)/t14-/m0/s1. The third kappa shape index (κ3) is 5.85. The van der Waals surface area contributed by atoms with Crippen molar-refractivity contribution in [3.05, 3.63) is 81.6 Å². The van der Waals surface area contributed by atoms with Gasteiger partial charge in [0.1, 0.15) is 5.82 Å². The van der Waals surface area contributed by atoms with E-state index in [-0.39, 0.29) is 5.91 Å². The lowest BCUT2D eigenvalue weighted by molar-refractivity contribution is -0.115. The largest absolute Gasteiger partial charge is 0.385 e. The van der Waals surface area contributed by atoms with E-state index in [1.807, 2.05) is 30.3 Å². The zero-order chi connectivity index (χ0) is 20.8. The maximum atomic E-state index is 12.6. The molecule has 3 N–H and O–H groups in total. The fraction of sp³-hybridized carbons (Fsp3) is 0.190. The molecule has 0 spiro atoms. The Morgan fingerprint density at radius 2 is 1.97 bits per heavy atom. The number of thioether (sulfide) groups is 1. The first-order chi connectivity index (χ1) is 13.9. The van der Waals surface area contributed by atoms with E-state index in [0.29, 0.717) is 28.2 Å². The van der Waals surface area contributed by atoms with Crippen LogP contribution in [0.5, 0.6) is 0 Å². The molecule has 0 radical (unpaired) electrons. The van der Waals surface area contributed by atoms with E-state index >= 15 is 0 Å². The number of hydrogen-bond acceptors (Lipinski definition) is 5. The number of anilines is 2. The molecule has 3 rings (SSSR count). The maximum absolute atomic E-state index is 12.6. The van der Waals surface area contributed by atoms with Crippen LogP contribution in [0.4, 0.5) is 11.5 Å². The van der Waals surface area contributed by atoms with Gasteiger partial charge in [-0.05, 0) is 37.1 Å². The Kier molecular flexibility index (Phi) is 6.95. The summed E-state index contributed by atoms with van der Waals surface area (Å²) in [5, 5.41) is 3.28. The third-order valence-electron chi connectivity index (χ3n) is 4.23. The summed E-state index contributed by atoms with van der Waals surface area (Å²) in [7, 11) is 0. The van der Waals surface area contributed by atoms with Gasteiger partial charge in [0, 0.05) is 23.3 Å². The minimum absolute atomic E-state index is 0.219. The number of benzene rings is 2. The van der Waals surface area contributed by atoms with Crippen LogP contribution in [0.2, 0.25) is 5.02 Å². The molecular weight excluding hydrogens is 408 g/mol.